The molecule has 0 bridgehead atoms. The van der Waals surface area contributed by atoms with Crippen LogP contribution in [0, 0.1) is 0 Å². The number of likely N-dealkylation sites (N-methyl/N-ethyl adjacent to an activating group) is 1. The molecule has 2 heteroatoms. The Balaban J connectivity index is 1.99. The molecule has 0 amide bonds. The van der Waals surface area contributed by atoms with E-state index in [1.807, 2.05) is 0 Å². The van der Waals surface area contributed by atoms with E-state index in [0.29, 0.717) is 0 Å². The maximum absolute atomic E-state index is 6.30. The standard InChI is InChI=1S/C20H19NO/c1-21(2)13-16-12-19-17-9-5-3-7-14(17)11-15-8-4-6-10-18(15)20(19)22-16/h3-12,16H,13H2,1-2H3/t16-/m0/s1. The number of benzene rings is 2. The Labute approximate surface area is 130 Å². The molecule has 2 aromatic rings. The van der Waals surface area contributed by atoms with Crippen LogP contribution < -0.4 is 10.4 Å². The summed E-state index contributed by atoms with van der Waals surface area (Å²) < 4.78 is 6.30. The summed E-state index contributed by atoms with van der Waals surface area (Å²) in [5.41, 5.74) is 3.74. The highest BCUT2D eigenvalue weighted by Crippen LogP contribution is 2.35. The normalized spacial score (nSPS) is 18.6. The van der Waals surface area contributed by atoms with Gasteiger partial charge in [-0.05, 0) is 42.6 Å². The summed E-state index contributed by atoms with van der Waals surface area (Å²) in [4.78, 5) is 2.16. The van der Waals surface area contributed by atoms with Gasteiger partial charge in [-0.2, -0.15) is 0 Å². The molecule has 2 aliphatic rings. The Hall–Kier alpha value is -2.32. The SMILES string of the molecule is CN(C)C[C@@H]1C=C2C(=c3ccccc3=Cc3ccccc32)O1. The van der Waals surface area contributed by atoms with Crippen LogP contribution in [0.1, 0.15) is 11.1 Å². The quantitative estimate of drug-likeness (QED) is 0.838. The van der Waals surface area contributed by atoms with Gasteiger partial charge in [0.05, 0.1) is 0 Å². The number of rotatable bonds is 2. The molecule has 0 radical (unpaired) electrons. The van der Waals surface area contributed by atoms with Crippen LogP contribution in [0.5, 0.6) is 0 Å². The van der Waals surface area contributed by atoms with Crippen molar-refractivity contribution in [1.82, 2.24) is 4.90 Å². The molecule has 1 aliphatic heterocycles. The molecule has 1 heterocycles. The van der Waals surface area contributed by atoms with Gasteiger partial charge in [0.2, 0.25) is 0 Å². The molecule has 0 spiro atoms. The van der Waals surface area contributed by atoms with Gasteiger partial charge >= 0.3 is 0 Å². The second kappa shape index (κ2) is 5.15. The smallest absolute Gasteiger partial charge is 0.135 e. The molecule has 1 aliphatic carbocycles. The number of nitrogens with zero attached hydrogens (tertiary/aromatic N) is 1. The Kier molecular flexibility index (Phi) is 3.12. The molecule has 4 rings (SSSR count). The van der Waals surface area contributed by atoms with Crippen LogP contribution in [0.3, 0.4) is 0 Å². The van der Waals surface area contributed by atoms with E-state index in [9.17, 15) is 0 Å². The predicted molar refractivity (Wildman–Crippen MR) is 90.5 cm³/mol. The van der Waals surface area contributed by atoms with E-state index < -0.39 is 0 Å². The van der Waals surface area contributed by atoms with Gasteiger partial charge in [-0.25, -0.2) is 0 Å². The summed E-state index contributed by atoms with van der Waals surface area (Å²) in [7, 11) is 4.16. The fourth-order valence-electron chi connectivity index (χ4n) is 3.25. The van der Waals surface area contributed by atoms with Gasteiger partial charge in [-0.1, -0.05) is 48.5 Å². The highest BCUT2D eigenvalue weighted by Gasteiger charge is 2.26. The highest BCUT2D eigenvalue weighted by atomic mass is 16.5. The van der Waals surface area contributed by atoms with E-state index in [4.69, 9.17) is 4.74 Å². The van der Waals surface area contributed by atoms with Crippen LogP contribution in [0.15, 0.2) is 54.6 Å². The van der Waals surface area contributed by atoms with Crippen molar-refractivity contribution < 1.29 is 4.74 Å². The zero-order valence-corrected chi connectivity index (χ0v) is 12.9. The molecular formula is C20H19NO. The number of hydrogen-bond donors (Lipinski definition) is 0. The van der Waals surface area contributed by atoms with Crippen molar-refractivity contribution in [3.05, 3.63) is 76.2 Å². The second-order valence-corrected chi connectivity index (χ2v) is 6.15. The Morgan fingerprint density at radius 3 is 2.64 bits per heavy atom. The zero-order valence-electron chi connectivity index (χ0n) is 12.9. The van der Waals surface area contributed by atoms with Crippen molar-refractivity contribution in [2.75, 3.05) is 20.6 Å². The summed E-state index contributed by atoms with van der Waals surface area (Å²) in [5, 5.41) is 2.41. The first kappa shape index (κ1) is 13.4. The lowest BCUT2D eigenvalue weighted by molar-refractivity contribution is 0.182. The number of fused-ring (bicyclic) bond motifs is 4. The van der Waals surface area contributed by atoms with E-state index in [0.717, 1.165) is 12.3 Å². The summed E-state index contributed by atoms with van der Waals surface area (Å²) in [6.07, 6.45) is 4.63. The molecule has 0 saturated carbocycles. The molecule has 1 atom stereocenters. The minimum Gasteiger partial charge on any atom is -0.484 e. The van der Waals surface area contributed by atoms with E-state index in [1.54, 1.807) is 0 Å². The fourth-order valence-corrected chi connectivity index (χ4v) is 3.25. The van der Waals surface area contributed by atoms with Gasteiger partial charge in [0, 0.05) is 17.3 Å². The van der Waals surface area contributed by atoms with Crippen molar-refractivity contribution >= 4 is 17.4 Å². The Morgan fingerprint density at radius 1 is 1.00 bits per heavy atom. The lowest BCUT2D eigenvalue weighted by Crippen LogP contribution is -2.28. The monoisotopic (exact) mass is 289 g/mol. The van der Waals surface area contributed by atoms with Crippen molar-refractivity contribution in [2.24, 2.45) is 0 Å². The Bertz CT molecular complexity index is 877. The molecule has 2 nitrogen and oxygen atoms in total. The van der Waals surface area contributed by atoms with Gasteiger partial charge in [-0.3, -0.25) is 0 Å². The lowest BCUT2D eigenvalue weighted by Gasteiger charge is -2.15. The Morgan fingerprint density at radius 2 is 1.77 bits per heavy atom. The molecule has 0 fully saturated rings. The van der Waals surface area contributed by atoms with Gasteiger partial charge in [-0.15, -0.1) is 0 Å². The van der Waals surface area contributed by atoms with Crippen molar-refractivity contribution in [3.63, 3.8) is 0 Å². The predicted octanol–water partition coefficient (Wildman–Crippen LogP) is 1.98. The van der Waals surface area contributed by atoms with Crippen molar-refractivity contribution in [1.29, 1.82) is 0 Å². The van der Waals surface area contributed by atoms with Crippen LogP contribution in [0.25, 0.3) is 17.4 Å². The maximum atomic E-state index is 6.30. The van der Waals surface area contributed by atoms with E-state index >= 15 is 0 Å². The molecule has 2 aromatic carbocycles. The average Bonchev–Trinajstić information content (AvgIpc) is 2.85. The van der Waals surface area contributed by atoms with Gasteiger partial charge in [0.25, 0.3) is 0 Å². The van der Waals surface area contributed by atoms with E-state index in [1.165, 1.54) is 27.1 Å². The summed E-state index contributed by atoms with van der Waals surface area (Å²) in [6.45, 7) is 0.890. The zero-order chi connectivity index (χ0) is 15.1. The first-order valence-corrected chi connectivity index (χ1v) is 7.66. The van der Waals surface area contributed by atoms with E-state index in [-0.39, 0.29) is 6.10 Å². The third-order valence-corrected chi connectivity index (χ3v) is 4.18. The maximum Gasteiger partial charge on any atom is 0.135 e. The van der Waals surface area contributed by atoms with Crippen LogP contribution in [0.4, 0.5) is 0 Å². The highest BCUT2D eigenvalue weighted by molar-refractivity contribution is 5.99. The molecule has 0 aromatic heterocycles. The molecule has 110 valence electrons. The third kappa shape index (κ3) is 2.16. The summed E-state index contributed by atoms with van der Waals surface area (Å²) in [5.74, 6) is 1.02. The molecule has 0 unspecified atom stereocenters. The first-order valence-electron chi connectivity index (χ1n) is 7.66. The minimum absolute atomic E-state index is 0.110. The number of ether oxygens (including phenoxy) is 1. The average molecular weight is 289 g/mol. The van der Waals surface area contributed by atoms with Gasteiger partial charge in [0.15, 0.2) is 0 Å². The van der Waals surface area contributed by atoms with Crippen molar-refractivity contribution in [3.8, 4) is 0 Å². The lowest BCUT2D eigenvalue weighted by atomic mass is 9.99. The molecular weight excluding hydrogens is 270 g/mol. The summed E-state index contributed by atoms with van der Waals surface area (Å²) in [6, 6.07) is 17.0. The van der Waals surface area contributed by atoms with Gasteiger partial charge in [0.1, 0.15) is 11.9 Å². The topological polar surface area (TPSA) is 12.5 Å². The molecule has 22 heavy (non-hydrogen) atoms. The minimum atomic E-state index is 0.110. The first-order chi connectivity index (χ1) is 10.7. The second-order valence-electron chi connectivity index (χ2n) is 6.15. The third-order valence-electron chi connectivity index (χ3n) is 4.18. The largest absolute Gasteiger partial charge is 0.484 e. The van der Waals surface area contributed by atoms with Gasteiger partial charge < -0.3 is 9.64 Å². The van der Waals surface area contributed by atoms with Crippen LogP contribution in [0.2, 0.25) is 0 Å². The summed E-state index contributed by atoms with van der Waals surface area (Å²) >= 11 is 0. The molecule has 0 N–H and O–H groups in total. The van der Waals surface area contributed by atoms with Crippen molar-refractivity contribution in [2.45, 2.75) is 6.10 Å². The fraction of sp³-hybridized carbons (Fsp3) is 0.200. The van der Waals surface area contributed by atoms with Crippen LogP contribution in [-0.2, 0) is 4.74 Å². The van der Waals surface area contributed by atoms with E-state index in [2.05, 4.69) is 79.7 Å². The van der Waals surface area contributed by atoms with Crippen LogP contribution in [-0.4, -0.2) is 31.6 Å². The van der Waals surface area contributed by atoms with Crippen LogP contribution >= 0.6 is 0 Å². The molecule has 0 saturated heterocycles. The number of hydrogen-bond acceptors (Lipinski definition) is 2.